The summed E-state index contributed by atoms with van der Waals surface area (Å²) in [5.74, 6) is 0.595. The highest BCUT2D eigenvalue weighted by Crippen LogP contribution is 2.31. The summed E-state index contributed by atoms with van der Waals surface area (Å²) in [6.07, 6.45) is 2.65. The summed E-state index contributed by atoms with van der Waals surface area (Å²) in [6.45, 7) is 5.83. The maximum absolute atomic E-state index is 10.4. The summed E-state index contributed by atoms with van der Waals surface area (Å²) in [5.41, 5.74) is 3.42. The first-order valence-corrected chi connectivity index (χ1v) is 7.39. The molecule has 0 radical (unpaired) electrons. The topological polar surface area (TPSA) is 29.5 Å². The molecular formula is C15H21BrO2. The zero-order chi connectivity index (χ0) is 13.1. The minimum atomic E-state index is -0.349. The van der Waals surface area contributed by atoms with Crippen LogP contribution in [0.4, 0.5) is 0 Å². The summed E-state index contributed by atoms with van der Waals surface area (Å²) < 4.78 is 6.50. The van der Waals surface area contributed by atoms with Gasteiger partial charge in [-0.2, -0.15) is 0 Å². The zero-order valence-electron chi connectivity index (χ0n) is 11.1. The minimum absolute atomic E-state index is 0.349. The third kappa shape index (κ3) is 3.34. The van der Waals surface area contributed by atoms with Crippen molar-refractivity contribution in [3.05, 3.63) is 33.3 Å². The predicted octanol–water partition coefficient (Wildman–Crippen LogP) is 3.92. The highest BCUT2D eigenvalue weighted by Gasteiger charge is 2.19. The van der Waals surface area contributed by atoms with E-state index in [2.05, 4.69) is 41.9 Å². The smallest absolute Gasteiger partial charge is 0.0792 e. The van der Waals surface area contributed by atoms with E-state index in [1.54, 1.807) is 0 Å². The van der Waals surface area contributed by atoms with Crippen LogP contribution >= 0.6 is 15.9 Å². The van der Waals surface area contributed by atoms with Crippen LogP contribution in [0, 0.1) is 19.8 Å². The van der Waals surface area contributed by atoms with Gasteiger partial charge < -0.3 is 9.84 Å². The molecule has 0 amide bonds. The van der Waals surface area contributed by atoms with Crippen molar-refractivity contribution in [2.24, 2.45) is 5.92 Å². The van der Waals surface area contributed by atoms with Crippen LogP contribution in [0.2, 0.25) is 0 Å². The number of benzene rings is 1. The highest BCUT2D eigenvalue weighted by atomic mass is 79.9. The molecule has 0 aromatic heterocycles. The molecule has 100 valence electrons. The molecule has 1 fully saturated rings. The van der Waals surface area contributed by atoms with Gasteiger partial charge in [-0.05, 0) is 55.7 Å². The molecule has 18 heavy (non-hydrogen) atoms. The Balaban J connectivity index is 2.06. The molecule has 0 aliphatic carbocycles. The molecule has 1 aromatic carbocycles. The van der Waals surface area contributed by atoms with Gasteiger partial charge in [0.25, 0.3) is 0 Å². The van der Waals surface area contributed by atoms with E-state index in [-0.39, 0.29) is 6.10 Å². The summed E-state index contributed by atoms with van der Waals surface area (Å²) in [5, 5.41) is 10.4. The van der Waals surface area contributed by atoms with Gasteiger partial charge in [0.15, 0.2) is 0 Å². The lowest BCUT2D eigenvalue weighted by Crippen LogP contribution is -2.18. The maximum atomic E-state index is 10.4. The monoisotopic (exact) mass is 312 g/mol. The second-order valence-corrected chi connectivity index (χ2v) is 6.07. The van der Waals surface area contributed by atoms with Crippen LogP contribution in [0.5, 0.6) is 0 Å². The maximum Gasteiger partial charge on any atom is 0.0792 e. The molecule has 0 bridgehead atoms. The van der Waals surface area contributed by atoms with Gasteiger partial charge in [0.05, 0.1) is 6.10 Å². The Labute approximate surface area is 117 Å². The highest BCUT2D eigenvalue weighted by molar-refractivity contribution is 9.10. The van der Waals surface area contributed by atoms with E-state index in [1.165, 1.54) is 11.1 Å². The molecule has 1 aliphatic heterocycles. The van der Waals surface area contributed by atoms with E-state index >= 15 is 0 Å². The lowest BCUT2D eigenvalue weighted by atomic mass is 9.90. The second-order valence-electron chi connectivity index (χ2n) is 5.28. The molecule has 1 aromatic rings. The van der Waals surface area contributed by atoms with Crippen LogP contribution in [0.15, 0.2) is 16.6 Å². The lowest BCUT2D eigenvalue weighted by Gasteiger charge is -2.24. The van der Waals surface area contributed by atoms with E-state index in [0.29, 0.717) is 5.92 Å². The van der Waals surface area contributed by atoms with E-state index in [1.807, 2.05) is 0 Å². The van der Waals surface area contributed by atoms with Gasteiger partial charge in [-0.3, -0.25) is 0 Å². The van der Waals surface area contributed by atoms with Crippen LogP contribution < -0.4 is 0 Å². The van der Waals surface area contributed by atoms with Crippen LogP contribution in [-0.4, -0.2) is 18.3 Å². The van der Waals surface area contributed by atoms with Crippen molar-refractivity contribution >= 4 is 15.9 Å². The Morgan fingerprint density at radius 2 is 1.83 bits per heavy atom. The number of ether oxygens (including phenoxy) is 1. The predicted molar refractivity (Wildman–Crippen MR) is 76.7 cm³/mol. The van der Waals surface area contributed by atoms with Crippen molar-refractivity contribution in [3.8, 4) is 0 Å². The number of hydrogen-bond acceptors (Lipinski definition) is 2. The average molecular weight is 313 g/mol. The normalized spacial score (nSPS) is 18.9. The van der Waals surface area contributed by atoms with Crippen molar-refractivity contribution < 1.29 is 9.84 Å². The molecule has 2 rings (SSSR count). The first kappa shape index (κ1) is 14.0. The molecule has 1 N–H and O–H groups in total. The molecule has 0 saturated carbocycles. The molecule has 2 nitrogen and oxygen atoms in total. The van der Waals surface area contributed by atoms with E-state index < -0.39 is 0 Å². The zero-order valence-corrected chi connectivity index (χ0v) is 12.7. The SMILES string of the molecule is Cc1cc(C(O)CC2CCOCC2)cc(C)c1Br. The Morgan fingerprint density at radius 1 is 1.28 bits per heavy atom. The molecule has 0 spiro atoms. The lowest BCUT2D eigenvalue weighted by molar-refractivity contribution is 0.0435. The number of aryl methyl sites for hydroxylation is 2. The molecule has 1 atom stereocenters. The average Bonchev–Trinajstić information content (AvgIpc) is 2.36. The molecule has 1 saturated heterocycles. The Hall–Kier alpha value is -0.380. The van der Waals surface area contributed by atoms with Crippen LogP contribution in [0.25, 0.3) is 0 Å². The van der Waals surface area contributed by atoms with Crippen LogP contribution in [0.3, 0.4) is 0 Å². The number of aliphatic hydroxyl groups excluding tert-OH is 1. The van der Waals surface area contributed by atoms with Crippen molar-refractivity contribution in [3.63, 3.8) is 0 Å². The Bertz CT molecular complexity index is 388. The Kier molecular flexibility index (Phi) is 4.82. The standard InChI is InChI=1S/C15H21BrO2/c1-10-7-13(8-11(2)15(10)16)14(17)9-12-3-5-18-6-4-12/h7-8,12,14,17H,3-6,9H2,1-2H3. The summed E-state index contributed by atoms with van der Waals surface area (Å²) >= 11 is 3.56. The number of halogens is 1. The number of hydrogen-bond donors (Lipinski definition) is 1. The largest absolute Gasteiger partial charge is 0.388 e. The third-order valence-electron chi connectivity index (χ3n) is 3.74. The van der Waals surface area contributed by atoms with Gasteiger partial charge >= 0.3 is 0 Å². The van der Waals surface area contributed by atoms with Crippen LogP contribution in [0.1, 0.15) is 42.1 Å². The van der Waals surface area contributed by atoms with Crippen molar-refractivity contribution in [2.75, 3.05) is 13.2 Å². The van der Waals surface area contributed by atoms with E-state index in [9.17, 15) is 5.11 Å². The quantitative estimate of drug-likeness (QED) is 0.916. The summed E-state index contributed by atoms with van der Waals surface area (Å²) in [6, 6.07) is 4.17. The van der Waals surface area contributed by atoms with E-state index in [0.717, 1.165) is 42.5 Å². The molecule has 1 aliphatic rings. The van der Waals surface area contributed by atoms with Crippen molar-refractivity contribution in [1.82, 2.24) is 0 Å². The van der Waals surface area contributed by atoms with Crippen molar-refractivity contribution in [2.45, 2.75) is 39.2 Å². The number of rotatable bonds is 3. The summed E-state index contributed by atoms with van der Waals surface area (Å²) in [4.78, 5) is 0. The van der Waals surface area contributed by atoms with Gasteiger partial charge in [-0.15, -0.1) is 0 Å². The number of aliphatic hydroxyl groups is 1. The Morgan fingerprint density at radius 3 is 2.39 bits per heavy atom. The molecule has 1 unspecified atom stereocenters. The summed E-state index contributed by atoms with van der Waals surface area (Å²) in [7, 11) is 0. The van der Waals surface area contributed by atoms with Gasteiger partial charge in [0, 0.05) is 17.7 Å². The minimum Gasteiger partial charge on any atom is -0.388 e. The van der Waals surface area contributed by atoms with Gasteiger partial charge in [0.2, 0.25) is 0 Å². The van der Waals surface area contributed by atoms with Crippen LogP contribution in [-0.2, 0) is 4.74 Å². The first-order chi connectivity index (χ1) is 8.58. The fraction of sp³-hybridized carbons (Fsp3) is 0.600. The molecule has 1 heterocycles. The van der Waals surface area contributed by atoms with Crippen molar-refractivity contribution in [1.29, 1.82) is 0 Å². The first-order valence-electron chi connectivity index (χ1n) is 6.60. The second kappa shape index (κ2) is 6.18. The fourth-order valence-corrected chi connectivity index (χ4v) is 2.83. The van der Waals surface area contributed by atoms with Gasteiger partial charge in [0.1, 0.15) is 0 Å². The van der Waals surface area contributed by atoms with E-state index in [4.69, 9.17) is 4.74 Å². The van der Waals surface area contributed by atoms with Gasteiger partial charge in [-0.1, -0.05) is 28.1 Å². The molecular weight excluding hydrogens is 292 g/mol. The van der Waals surface area contributed by atoms with Gasteiger partial charge in [-0.25, -0.2) is 0 Å². The third-order valence-corrected chi connectivity index (χ3v) is 4.99. The molecule has 3 heteroatoms. The fourth-order valence-electron chi connectivity index (χ4n) is 2.61.